The molecule has 1 unspecified atom stereocenters. The van der Waals surface area contributed by atoms with E-state index in [9.17, 15) is 5.11 Å². The third-order valence-corrected chi connectivity index (χ3v) is 2.87. The van der Waals surface area contributed by atoms with Crippen molar-refractivity contribution in [1.82, 2.24) is 9.55 Å². The van der Waals surface area contributed by atoms with Gasteiger partial charge in [-0.05, 0) is 12.3 Å². The summed E-state index contributed by atoms with van der Waals surface area (Å²) in [6.07, 6.45) is 6.24. The Balaban J connectivity index is 2.58. The van der Waals surface area contributed by atoms with Gasteiger partial charge >= 0.3 is 0 Å². The maximum absolute atomic E-state index is 9.94. The predicted molar refractivity (Wildman–Crippen MR) is 56.9 cm³/mol. The highest BCUT2D eigenvalue weighted by Crippen LogP contribution is 2.23. The topological polar surface area (TPSA) is 38.1 Å². The summed E-state index contributed by atoms with van der Waals surface area (Å²) in [7, 11) is 1.92. The van der Waals surface area contributed by atoms with Crippen molar-refractivity contribution >= 4 is 0 Å². The zero-order chi connectivity index (χ0) is 10.6. The number of nitrogens with zero attached hydrogens (tertiary/aromatic N) is 2. The third kappa shape index (κ3) is 2.58. The van der Waals surface area contributed by atoms with Gasteiger partial charge in [0.1, 0.15) is 11.9 Å². The third-order valence-electron chi connectivity index (χ3n) is 2.87. The molecule has 0 saturated carbocycles. The molecule has 0 amide bonds. The Labute approximate surface area is 85.8 Å². The molecule has 1 aromatic heterocycles. The second-order valence-electron chi connectivity index (χ2n) is 3.83. The Morgan fingerprint density at radius 2 is 2.07 bits per heavy atom. The highest BCUT2D eigenvalue weighted by Gasteiger charge is 2.16. The van der Waals surface area contributed by atoms with E-state index in [1.165, 1.54) is 0 Å². The van der Waals surface area contributed by atoms with Gasteiger partial charge in [-0.2, -0.15) is 0 Å². The highest BCUT2D eigenvalue weighted by molar-refractivity contribution is 4.95. The van der Waals surface area contributed by atoms with Crippen LogP contribution in [-0.4, -0.2) is 14.7 Å². The van der Waals surface area contributed by atoms with Crippen LogP contribution in [0.25, 0.3) is 0 Å². The fourth-order valence-corrected chi connectivity index (χ4v) is 1.74. The molecule has 1 N–H and O–H groups in total. The summed E-state index contributed by atoms with van der Waals surface area (Å²) in [6.45, 7) is 4.33. The quantitative estimate of drug-likeness (QED) is 0.784. The molecular formula is C11H20N2O. The van der Waals surface area contributed by atoms with E-state index in [-0.39, 0.29) is 0 Å². The lowest BCUT2D eigenvalue weighted by molar-refractivity contribution is 0.129. The fraction of sp³-hybridized carbons (Fsp3) is 0.727. The summed E-state index contributed by atoms with van der Waals surface area (Å²) in [5.41, 5.74) is 0. The maximum Gasteiger partial charge on any atom is 0.137 e. The Morgan fingerprint density at radius 1 is 1.43 bits per heavy atom. The number of hydrogen-bond acceptors (Lipinski definition) is 2. The first-order chi connectivity index (χ1) is 6.69. The highest BCUT2D eigenvalue weighted by atomic mass is 16.3. The molecular weight excluding hydrogens is 176 g/mol. The van der Waals surface area contributed by atoms with E-state index < -0.39 is 6.10 Å². The summed E-state index contributed by atoms with van der Waals surface area (Å²) in [5, 5.41) is 9.94. The van der Waals surface area contributed by atoms with Crippen LogP contribution in [-0.2, 0) is 7.05 Å². The molecule has 0 fully saturated rings. The summed E-state index contributed by atoms with van der Waals surface area (Å²) in [6, 6.07) is 0. The van der Waals surface area contributed by atoms with Crippen molar-refractivity contribution in [3.63, 3.8) is 0 Å². The molecule has 1 aromatic rings. The van der Waals surface area contributed by atoms with E-state index in [0.29, 0.717) is 5.92 Å². The van der Waals surface area contributed by atoms with Crippen LogP contribution >= 0.6 is 0 Å². The van der Waals surface area contributed by atoms with Crippen molar-refractivity contribution < 1.29 is 5.11 Å². The lowest BCUT2D eigenvalue weighted by Gasteiger charge is -2.16. The van der Waals surface area contributed by atoms with Crippen LogP contribution < -0.4 is 0 Å². The van der Waals surface area contributed by atoms with E-state index >= 15 is 0 Å². The van der Waals surface area contributed by atoms with Gasteiger partial charge in [0.05, 0.1) is 0 Å². The van der Waals surface area contributed by atoms with Gasteiger partial charge in [0.25, 0.3) is 0 Å². The van der Waals surface area contributed by atoms with Crippen LogP contribution in [0.4, 0.5) is 0 Å². The molecule has 3 heteroatoms. The second kappa shape index (κ2) is 5.15. The van der Waals surface area contributed by atoms with Gasteiger partial charge in [-0.3, -0.25) is 0 Å². The molecule has 0 saturated heterocycles. The Hall–Kier alpha value is -0.830. The number of rotatable bonds is 5. The molecule has 0 radical (unpaired) electrons. The number of imidazole rings is 1. The van der Waals surface area contributed by atoms with Gasteiger partial charge in [-0.15, -0.1) is 0 Å². The van der Waals surface area contributed by atoms with Crippen LogP contribution in [0.15, 0.2) is 12.4 Å². The summed E-state index contributed by atoms with van der Waals surface area (Å²) < 4.78 is 1.88. The van der Waals surface area contributed by atoms with Crippen molar-refractivity contribution in [1.29, 1.82) is 0 Å². The molecule has 1 heterocycles. The summed E-state index contributed by atoms with van der Waals surface area (Å²) >= 11 is 0. The first-order valence-corrected chi connectivity index (χ1v) is 5.34. The van der Waals surface area contributed by atoms with Crippen LogP contribution in [0, 0.1) is 5.92 Å². The normalized spacial score (nSPS) is 13.5. The number of aromatic nitrogens is 2. The first-order valence-electron chi connectivity index (χ1n) is 5.34. The van der Waals surface area contributed by atoms with Crippen molar-refractivity contribution in [3.05, 3.63) is 18.2 Å². The van der Waals surface area contributed by atoms with Crippen molar-refractivity contribution in [2.45, 2.75) is 39.2 Å². The average molecular weight is 196 g/mol. The molecule has 0 aliphatic heterocycles. The Kier molecular flexibility index (Phi) is 4.14. The van der Waals surface area contributed by atoms with Gasteiger partial charge < -0.3 is 9.67 Å². The molecule has 0 spiro atoms. The SMILES string of the molecule is CCC(CC)CC(O)c1nccn1C. The summed E-state index contributed by atoms with van der Waals surface area (Å²) in [4.78, 5) is 4.15. The molecule has 0 aliphatic rings. The second-order valence-corrected chi connectivity index (χ2v) is 3.83. The molecule has 3 nitrogen and oxygen atoms in total. The average Bonchev–Trinajstić information content (AvgIpc) is 2.60. The van der Waals surface area contributed by atoms with Crippen LogP contribution in [0.3, 0.4) is 0 Å². The fourth-order valence-electron chi connectivity index (χ4n) is 1.74. The number of aliphatic hydroxyl groups excluding tert-OH is 1. The van der Waals surface area contributed by atoms with Gasteiger partial charge in [-0.1, -0.05) is 26.7 Å². The van der Waals surface area contributed by atoms with Gasteiger partial charge in [0.15, 0.2) is 0 Å². The standard InChI is InChI=1S/C11H20N2O/c1-4-9(5-2)8-10(14)11-12-6-7-13(11)3/h6-7,9-10,14H,4-5,8H2,1-3H3. The smallest absolute Gasteiger partial charge is 0.137 e. The molecule has 0 aromatic carbocycles. The van der Waals surface area contributed by atoms with E-state index in [1.54, 1.807) is 6.20 Å². The predicted octanol–water partition coefficient (Wildman–Crippen LogP) is 2.28. The molecule has 80 valence electrons. The zero-order valence-corrected chi connectivity index (χ0v) is 9.27. The van der Waals surface area contributed by atoms with Crippen LogP contribution in [0.1, 0.15) is 45.0 Å². The Morgan fingerprint density at radius 3 is 2.50 bits per heavy atom. The zero-order valence-electron chi connectivity index (χ0n) is 9.27. The van der Waals surface area contributed by atoms with Crippen molar-refractivity contribution in [2.24, 2.45) is 13.0 Å². The Bertz CT molecular complexity index is 266. The van der Waals surface area contributed by atoms with E-state index in [4.69, 9.17) is 0 Å². The lowest BCUT2D eigenvalue weighted by Crippen LogP contribution is -2.10. The molecule has 14 heavy (non-hydrogen) atoms. The van der Waals surface area contributed by atoms with Crippen LogP contribution in [0.5, 0.6) is 0 Å². The molecule has 1 atom stereocenters. The monoisotopic (exact) mass is 196 g/mol. The number of hydrogen-bond donors (Lipinski definition) is 1. The van der Waals surface area contributed by atoms with Gasteiger partial charge in [-0.25, -0.2) is 4.98 Å². The number of aliphatic hydroxyl groups is 1. The van der Waals surface area contributed by atoms with E-state index in [1.807, 2.05) is 17.8 Å². The minimum Gasteiger partial charge on any atom is -0.385 e. The maximum atomic E-state index is 9.94. The minimum absolute atomic E-state index is 0.417. The number of aryl methyl sites for hydroxylation is 1. The van der Waals surface area contributed by atoms with Crippen LogP contribution in [0.2, 0.25) is 0 Å². The first kappa shape index (κ1) is 11.2. The lowest BCUT2D eigenvalue weighted by atomic mass is 9.96. The molecule has 0 aliphatic carbocycles. The van der Waals surface area contributed by atoms with Crippen molar-refractivity contribution in [3.8, 4) is 0 Å². The van der Waals surface area contributed by atoms with Gasteiger partial charge in [0.2, 0.25) is 0 Å². The van der Waals surface area contributed by atoms with E-state index in [0.717, 1.165) is 25.1 Å². The van der Waals surface area contributed by atoms with Crippen molar-refractivity contribution in [2.75, 3.05) is 0 Å². The molecule has 0 bridgehead atoms. The minimum atomic E-state index is -0.417. The molecule has 1 rings (SSSR count). The van der Waals surface area contributed by atoms with Gasteiger partial charge in [0, 0.05) is 19.4 Å². The summed E-state index contributed by atoms with van der Waals surface area (Å²) in [5.74, 6) is 1.37. The van der Waals surface area contributed by atoms with E-state index in [2.05, 4.69) is 18.8 Å². The largest absolute Gasteiger partial charge is 0.385 e.